The fraction of sp³-hybridized carbons (Fsp3) is 0.818. The van der Waals surface area contributed by atoms with Crippen LogP contribution >= 0.6 is 0 Å². The summed E-state index contributed by atoms with van der Waals surface area (Å²) in [6.07, 6.45) is 13.2. The molecule has 0 saturated carbocycles. The summed E-state index contributed by atoms with van der Waals surface area (Å²) in [4.78, 5) is 23.1. The van der Waals surface area contributed by atoms with E-state index in [-0.39, 0.29) is 0 Å². The zero-order valence-corrected chi connectivity index (χ0v) is 17.9. The van der Waals surface area contributed by atoms with Gasteiger partial charge in [-0.1, -0.05) is 83.3 Å². The molecule has 0 rings (SSSR count). The van der Waals surface area contributed by atoms with E-state index >= 15 is 0 Å². The molecule has 3 atom stereocenters. The van der Waals surface area contributed by atoms with E-state index in [1.165, 1.54) is 57.1 Å². The van der Waals surface area contributed by atoms with Crippen LogP contribution in [-0.4, -0.2) is 50.7 Å². The van der Waals surface area contributed by atoms with Crippen LogP contribution < -0.4 is 5.73 Å². The predicted molar refractivity (Wildman–Crippen MR) is 112 cm³/mol. The Balaban J connectivity index is 4.08. The normalized spacial score (nSPS) is 15.5. The van der Waals surface area contributed by atoms with Gasteiger partial charge in [0.15, 0.2) is 17.2 Å². The van der Waals surface area contributed by atoms with Gasteiger partial charge in [0.25, 0.3) is 0 Å². The molecule has 0 aliphatic carbocycles. The van der Waals surface area contributed by atoms with Crippen molar-refractivity contribution in [2.24, 2.45) is 5.73 Å². The van der Waals surface area contributed by atoms with E-state index in [1.54, 1.807) is 0 Å². The summed E-state index contributed by atoms with van der Waals surface area (Å²) >= 11 is 0. The highest BCUT2D eigenvalue weighted by molar-refractivity contribution is 6.09. The van der Waals surface area contributed by atoms with E-state index in [0.29, 0.717) is 6.42 Å². The molecule has 0 aliphatic heterocycles. The summed E-state index contributed by atoms with van der Waals surface area (Å²) in [5, 5.41) is 30.2. The number of nitrogens with two attached hydrogens (primary N) is 1. The highest BCUT2D eigenvalue weighted by Crippen LogP contribution is 2.17. The molecule has 5 N–H and O–H groups in total. The largest absolute Gasteiger partial charge is 0.389 e. The van der Waals surface area contributed by atoms with Crippen molar-refractivity contribution in [3.8, 4) is 0 Å². The highest BCUT2D eigenvalue weighted by Gasteiger charge is 2.46. The van der Waals surface area contributed by atoms with E-state index in [9.17, 15) is 24.9 Å². The fourth-order valence-electron chi connectivity index (χ4n) is 3.26. The Morgan fingerprint density at radius 2 is 1.29 bits per heavy atom. The summed E-state index contributed by atoms with van der Waals surface area (Å²) in [5.41, 5.74) is 3.29. The minimum absolute atomic E-state index is 0.568. The Labute approximate surface area is 170 Å². The Bertz CT molecular complexity index is 464. The van der Waals surface area contributed by atoms with Gasteiger partial charge in [-0.25, -0.2) is 0 Å². The maximum Gasteiger partial charge on any atom is 0.198 e. The van der Waals surface area contributed by atoms with E-state index in [4.69, 9.17) is 5.73 Å². The molecule has 28 heavy (non-hydrogen) atoms. The van der Waals surface area contributed by atoms with Crippen molar-refractivity contribution in [2.45, 2.75) is 115 Å². The summed E-state index contributed by atoms with van der Waals surface area (Å²) in [6.45, 7) is 4.33. The molecule has 6 nitrogen and oxygen atoms in total. The molecule has 0 bridgehead atoms. The monoisotopic (exact) mass is 399 g/mol. The second-order valence-electron chi connectivity index (χ2n) is 7.82. The molecule has 1 unspecified atom stereocenters. The van der Waals surface area contributed by atoms with Crippen molar-refractivity contribution < 1.29 is 24.9 Å². The molecule has 0 spiro atoms. The maximum absolute atomic E-state index is 11.6. The first-order valence-corrected chi connectivity index (χ1v) is 10.7. The molecule has 0 aromatic carbocycles. The number of carbonyl (C=O) groups excluding carboxylic acids is 2. The molecular weight excluding hydrogens is 358 g/mol. The van der Waals surface area contributed by atoms with E-state index in [0.717, 1.165) is 33.1 Å². The molecule has 0 aliphatic rings. The first kappa shape index (κ1) is 26.9. The molecule has 0 heterocycles. The Hall–Kier alpha value is -1.08. The molecule has 0 radical (unpaired) electrons. The van der Waals surface area contributed by atoms with Crippen LogP contribution in [0.5, 0.6) is 0 Å². The topological polar surface area (TPSA) is 121 Å². The van der Waals surface area contributed by atoms with Gasteiger partial charge in [0.2, 0.25) is 0 Å². The van der Waals surface area contributed by atoms with E-state index in [2.05, 4.69) is 6.92 Å². The van der Waals surface area contributed by atoms with Crippen LogP contribution in [0.2, 0.25) is 0 Å². The zero-order chi connectivity index (χ0) is 21.6. The molecule has 164 valence electrons. The van der Waals surface area contributed by atoms with Gasteiger partial charge in [-0.2, -0.15) is 0 Å². The number of aliphatic hydroxyl groups is 3. The van der Waals surface area contributed by atoms with Crippen LogP contribution in [0.15, 0.2) is 12.2 Å². The Kier molecular flexibility index (Phi) is 14.3. The molecular formula is C22H41NO5. The van der Waals surface area contributed by atoms with Gasteiger partial charge in [-0.05, 0) is 20.3 Å². The summed E-state index contributed by atoms with van der Waals surface area (Å²) < 4.78 is 0. The quantitative estimate of drug-likeness (QED) is 0.170. The molecule has 0 fully saturated rings. The van der Waals surface area contributed by atoms with Crippen molar-refractivity contribution in [1.82, 2.24) is 0 Å². The van der Waals surface area contributed by atoms with Gasteiger partial charge in [0, 0.05) is 0 Å². The lowest BCUT2D eigenvalue weighted by molar-refractivity contribution is -0.152. The van der Waals surface area contributed by atoms with Crippen LogP contribution in [-0.2, 0) is 9.59 Å². The van der Waals surface area contributed by atoms with Gasteiger partial charge < -0.3 is 21.1 Å². The van der Waals surface area contributed by atoms with Gasteiger partial charge >= 0.3 is 0 Å². The summed E-state index contributed by atoms with van der Waals surface area (Å²) in [5.74, 6) is -1.63. The Morgan fingerprint density at radius 3 is 1.71 bits per heavy atom. The predicted octanol–water partition coefficient (Wildman–Crippen LogP) is 2.81. The first-order chi connectivity index (χ1) is 13.2. The maximum atomic E-state index is 11.6. The lowest BCUT2D eigenvalue weighted by atomic mass is 9.83. The lowest BCUT2D eigenvalue weighted by Crippen LogP contribution is -2.62. The third kappa shape index (κ3) is 9.92. The van der Waals surface area contributed by atoms with Crippen LogP contribution in [0, 0.1) is 0 Å². The first-order valence-electron chi connectivity index (χ1n) is 10.7. The molecule has 0 aromatic rings. The van der Waals surface area contributed by atoms with E-state index in [1.807, 2.05) is 0 Å². The third-order valence-electron chi connectivity index (χ3n) is 5.31. The Morgan fingerprint density at radius 1 is 0.857 bits per heavy atom. The second-order valence-corrected chi connectivity index (χ2v) is 7.82. The second kappa shape index (κ2) is 14.9. The van der Waals surface area contributed by atoms with Crippen molar-refractivity contribution in [1.29, 1.82) is 0 Å². The third-order valence-corrected chi connectivity index (χ3v) is 5.31. The number of carbonyl (C=O) groups is 2. The van der Waals surface area contributed by atoms with Crippen LogP contribution in [0.1, 0.15) is 91.4 Å². The van der Waals surface area contributed by atoms with E-state index < -0.39 is 35.4 Å². The standard InChI is InChI=1S/C22H41NO5/c1-4-5-6-7-8-9-10-11-12-13-14-19(26)15-16-20(27)21(23)22(28,17(2)24)18(3)25/h15-16,19-21,26-28H,4-14,23H2,1-3H3/b16-15+/t19?,20-,21-/m1/s1. The highest BCUT2D eigenvalue weighted by atomic mass is 16.3. The number of unbranched alkanes of at least 4 members (excludes halogenated alkanes) is 9. The molecule has 0 saturated heterocycles. The number of rotatable bonds is 17. The van der Waals surface area contributed by atoms with Crippen molar-refractivity contribution in [2.75, 3.05) is 0 Å². The van der Waals surface area contributed by atoms with Crippen molar-refractivity contribution in [3.63, 3.8) is 0 Å². The average molecular weight is 400 g/mol. The molecule has 6 heteroatoms. The van der Waals surface area contributed by atoms with Crippen LogP contribution in [0.25, 0.3) is 0 Å². The minimum atomic E-state index is -2.43. The van der Waals surface area contributed by atoms with Crippen LogP contribution in [0.3, 0.4) is 0 Å². The SMILES string of the molecule is CCCCCCCCCCCCC(O)/C=C/[C@@H](O)[C@@H](N)C(O)(C(C)=O)C(C)=O. The van der Waals surface area contributed by atoms with Crippen molar-refractivity contribution >= 4 is 11.6 Å². The van der Waals surface area contributed by atoms with Gasteiger partial charge in [0.05, 0.1) is 18.2 Å². The van der Waals surface area contributed by atoms with Gasteiger partial charge in [-0.15, -0.1) is 0 Å². The number of ketones is 2. The van der Waals surface area contributed by atoms with Gasteiger partial charge in [-0.3, -0.25) is 9.59 Å². The van der Waals surface area contributed by atoms with Crippen LogP contribution in [0.4, 0.5) is 0 Å². The number of Topliss-reactive ketones (excluding diaryl/α,β-unsaturated/α-hetero) is 2. The number of hydrogen-bond acceptors (Lipinski definition) is 6. The smallest absolute Gasteiger partial charge is 0.198 e. The fourth-order valence-corrected chi connectivity index (χ4v) is 3.26. The lowest BCUT2D eigenvalue weighted by Gasteiger charge is -2.31. The minimum Gasteiger partial charge on any atom is -0.389 e. The molecule has 0 aromatic heterocycles. The molecule has 0 amide bonds. The van der Waals surface area contributed by atoms with Gasteiger partial charge in [0.1, 0.15) is 0 Å². The number of aliphatic hydroxyl groups excluding tert-OH is 2. The average Bonchev–Trinajstić information content (AvgIpc) is 2.65. The number of hydrogen-bond donors (Lipinski definition) is 4. The zero-order valence-electron chi connectivity index (χ0n) is 17.9. The summed E-state index contributed by atoms with van der Waals surface area (Å²) in [6, 6.07) is -1.48. The van der Waals surface area contributed by atoms with Crippen molar-refractivity contribution in [3.05, 3.63) is 12.2 Å². The summed E-state index contributed by atoms with van der Waals surface area (Å²) in [7, 11) is 0.